The number of ketones is 1. The van der Waals surface area contributed by atoms with Crippen molar-refractivity contribution in [2.75, 3.05) is 6.61 Å². The van der Waals surface area contributed by atoms with Crippen LogP contribution in [0.3, 0.4) is 0 Å². The van der Waals surface area contributed by atoms with Crippen LogP contribution in [-0.4, -0.2) is 29.6 Å². The summed E-state index contributed by atoms with van der Waals surface area (Å²) < 4.78 is 5.66. The normalized spacial score (nSPS) is 16.2. The number of carboxylic acids is 1. The van der Waals surface area contributed by atoms with Crippen molar-refractivity contribution in [3.05, 3.63) is 0 Å². The molecule has 4 nitrogen and oxygen atoms in total. The molecule has 0 radical (unpaired) electrons. The summed E-state index contributed by atoms with van der Waals surface area (Å²) in [6, 6.07) is 0. The smallest absolute Gasteiger partial charge is 0.314 e. The second kappa shape index (κ2) is 8.23. The minimum absolute atomic E-state index is 0.148. The number of hydrogen-bond donors (Lipinski definition) is 1. The summed E-state index contributed by atoms with van der Waals surface area (Å²) in [6.45, 7) is 7.76. The van der Waals surface area contributed by atoms with Gasteiger partial charge in [-0.15, -0.1) is 0 Å². The lowest BCUT2D eigenvalue weighted by atomic mass is 9.84. The minimum atomic E-state index is -1.05. The quantitative estimate of drug-likeness (QED) is 0.633. The van der Waals surface area contributed by atoms with E-state index in [-0.39, 0.29) is 17.8 Å². The maximum atomic E-state index is 11.4. The van der Waals surface area contributed by atoms with Crippen LogP contribution >= 0.6 is 0 Å². The molecule has 0 aromatic rings. The Hall–Kier alpha value is -0.900. The molecule has 0 spiro atoms. The van der Waals surface area contributed by atoms with Gasteiger partial charge in [-0.3, -0.25) is 9.59 Å². The Balaban J connectivity index is 4.70. The van der Waals surface area contributed by atoms with Crippen molar-refractivity contribution in [3.63, 3.8) is 0 Å². The monoisotopic (exact) mass is 244 g/mol. The molecule has 0 aromatic heterocycles. The van der Waals surface area contributed by atoms with E-state index in [9.17, 15) is 9.59 Å². The number of hydrogen-bond acceptors (Lipinski definition) is 3. The number of carboxylic acid groups (broad SMARTS) is 1. The highest BCUT2D eigenvalue weighted by Gasteiger charge is 2.34. The lowest BCUT2D eigenvalue weighted by Gasteiger charge is -2.27. The van der Waals surface area contributed by atoms with Crippen LogP contribution < -0.4 is 0 Å². The van der Waals surface area contributed by atoms with E-state index in [1.54, 1.807) is 6.92 Å². The van der Waals surface area contributed by atoms with Gasteiger partial charge in [0.15, 0.2) is 0 Å². The molecule has 0 aliphatic heterocycles. The van der Waals surface area contributed by atoms with Crippen molar-refractivity contribution in [1.82, 2.24) is 0 Å². The first-order chi connectivity index (χ1) is 7.95. The van der Waals surface area contributed by atoms with E-state index in [1.807, 2.05) is 13.8 Å². The molecule has 0 fully saturated rings. The summed E-state index contributed by atoms with van der Waals surface area (Å²) >= 11 is 0. The van der Waals surface area contributed by atoms with Crippen molar-refractivity contribution in [2.45, 2.75) is 53.1 Å². The van der Waals surface area contributed by atoms with Crippen molar-refractivity contribution >= 4 is 11.8 Å². The number of rotatable bonds is 9. The van der Waals surface area contributed by atoms with E-state index in [2.05, 4.69) is 0 Å². The Labute approximate surface area is 103 Å². The molecule has 0 aromatic carbocycles. The van der Waals surface area contributed by atoms with Gasteiger partial charge in [-0.05, 0) is 19.8 Å². The SMILES string of the molecule is CCCOC(CCC)C(C)C(C(C)=O)C(=O)O. The van der Waals surface area contributed by atoms with Crippen LogP contribution in [0.1, 0.15) is 47.0 Å². The molecule has 0 rings (SSSR count). The van der Waals surface area contributed by atoms with Crippen molar-refractivity contribution in [3.8, 4) is 0 Å². The summed E-state index contributed by atoms with van der Waals surface area (Å²) in [4.78, 5) is 22.5. The zero-order chi connectivity index (χ0) is 13.4. The van der Waals surface area contributed by atoms with Crippen LogP contribution in [0.15, 0.2) is 0 Å². The average molecular weight is 244 g/mol. The van der Waals surface area contributed by atoms with Gasteiger partial charge >= 0.3 is 5.97 Å². The standard InChI is InChI=1S/C13H24O4/c1-5-7-11(17-8-6-2)9(3)12(10(4)14)13(15)16/h9,11-12H,5-8H2,1-4H3,(H,15,16). The van der Waals surface area contributed by atoms with E-state index in [4.69, 9.17) is 9.84 Å². The minimum Gasteiger partial charge on any atom is -0.481 e. The number of Topliss-reactive ketones (excluding diaryl/α,β-unsaturated/α-hetero) is 1. The number of carbonyl (C=O) groups excluding carboxylic acids is 1. The number of carbonyl (C=O) groups is 2. The number of ether oxygens (including phenoxy) is 1. The molecule has 3 atom stereocenters. The van der Waals surface area contributed by atoms with Gasteiger partial charge in [0.2, 0.25) is 0 Å². The Kier molecular flexibility index (Phi) is 7.79. The molecule has 100 valence electrons. The first-order valence-corrected chi connectivity index (χ1v) is 6.30. The lowest BCUT2D eigenvalue weighted by molar-refractivity contribution is -0.150. The van der Waals surface area contributed by atoms with Crippen molar-refractivity contribution in [2.24, 2.45) is 11.8 Å². The largest absolute Gasteiger partial charge is 0.481 e. The van der Waals surface area contributed by atoms with Gasteiger partial charge in [-0.1, -0.05) is 27.2 Å². The van der Waals surface area contributed by atoms with Crippen LogP contribution in [-0.2, 0) is 14.3 Å². The lowest BCUT2D eigenvalue weighted by Crippen LogP contribution is -2.36. The van der Waals surface area contributed by atoms with E-state index in [0.29, 0.717) is 6.61 Å². The first-order valence-electron chi connectivity index (χ1n) is 6.30. The zero-order valence-electron chi connectivity index (χ0n) is 11.2. The molecular formula is C13H24O4. The average Bonchev–Trinajstić information content (AvgIpc) is 2.22. The number of aliphatic carboxylic acids is 1. The topological polar surface area (TPSA) is 63.6 Å². The summed E-state index contributed by atoms with van der Waals surface area (Å²) in [5.41, 5.74) is 0. The van der Waals surface area contributed by atoms with E-state index >= 15 is 0 Å². The molecule has 0 saturated heterocycles. The fourth-order valence-corrected chi connectivity index (χ4v) is 2.04. The summed E-state index contributed by atoms with van der Waals surface area (Å²) in [5, 5.41) is 9.08. The predicted molar refractivity (Wildman–Crippen MR) is 65.9 cm³/mol. The molecule has 0 amide bonds. The summed E-state index contributed by atoms with van der Waals surface area (Å²) in [7, 11) is 0. The van der Waals surface area contributed by atoms with Crippen LogP contribution in [0.5, 0.6) is 0 Å². The van der Waals surface area contributed by atoms with Crippen LogP contribution in [0.2, 0.25) is 0 Å². The maximum absolute atomic E-state index is 11.4. The van der Waals surface area contributed by atoms with E-state index in [0.717, 1.165) is 19.3 Å². The Bertz CT molecular complexity index is 236. The predicted octanol–water partition coefficient (Wildman–Crippen LogP) is 2.51. The third kappa shape index (κ3) is 5.31. The van der Waals surface area contributed by atoms with Gasteiger partial charge in [0.1, 0.15) is 11.7 Å². The van der Waals surface area contributed by atoms with Gasteiger partial charge in [-0.25, -0.2) is 0 Å². The highest BCUT2D eigenvalue weighted by atomic mass is 16.5. The van der Waals surface area contributed by atoms with Crippen LogP contribution in [0, 0.1) is 11.8 Å². The molecule has 0 aliphatic rings. The molecule has 17 heavy (non-hydrogen) atoms. The second-order valence-electron chi connectivity index (χ2n) is 4.48. The highest BCUT2D eigenvalue weighted by molar-refractivity contribution is 5.97. The van der Waals surface area contributed by atoms with Gasteiger partial charge in [0.25, 0.3) is 0 Å². The fraction of sp³-hybridized carbons (Fsp3) is 0.846. The second-order valence-corrected chi connectivity index (χ2v) is 4.48. The van der Waals surface area contributed by atoms with Gasteiger partial charge < -0.3 is 9.84 Å². The van der Waals surface area contributed by atoms with E-state index in [1.165, 1.54) is 6.92 Å². The first kappa shape index (κ1) is 16.1. The third-order valence-electron chi connectivity index (χ3n) is 2.93. The highest BCUT2D eigenvalue weighted by Crippen LogP contribution is 2.23. The summed E-state index contributed by atoms with van der Waals surface area (Å²) in [6.07, 6.45) is 2.45. The van der Waals surface area contributed by atoms with E-state index < -0.39 is 11.9 Å². The van der Waals surface area contributed by atoms with Gasteiger partial charge in [-0.2, -0.15) is 0 Å². The van der Waals surface area contributed by atoms with Crippen LogP contribution in [0.4, 0.5) is 0 Å². The summed E-state index contributed by atoms with van der Waals surface area (Å²) in [5.74, 6) is -2.59. The van der Waals surface area contributed by atoms with Gasteiger partial charge in [0.05, 0.1) is 6.10 Å². The third-order valence-corrected chi connectivity index (χ3v) is 2.93. The molecule has 3 unspecified atom stereocenters. The van der Waals surface area contributed by atoms with Crippen molar-refractivity contribution in [1.29, 1.82) is 0 Å². The Morgan fingerprint density at radius 3 is 2.18 bits per heavy atom. The van der Waals surface area contributed by atoms with Crippen molar-refractivity contribution < 1.29 is 19.4 Å². The molecule has 0 bridgehead atoms. The van der Waals surface area contributed by atoms with Crippen LogP contribution in [0.25, 0.3) is 0 Å². The molecule has 1 N–H and O–H groups in total. The molecule has 0 aliphatic carbocycles. The fourth-order valence-electron chi connectivity index (χ4n) is 2.04. The molecule has 0 saturated carbocycles. The molecular weight excluding hydrogens is 220 g/mol. The molecule has 0 heterocycles. The maximum Gasteiger partial charge on any atom is 0.314 e. The Morgan fingerprint density at radius 1 is 1.24 bits per heavy atom. The molecule has 4 heteroatoms. The zero-order valence-corrected chi connectivity index (χ0v) is 11.2. The Morgan fingerprint density at radius 2 is 1.82 bits per heavy atom. The van der Waals surface area contributed by atoms with Gasteiger partial charge in [0, 0.05) is 12.5 Å².